The minimum Gasteiger partial charge on any atom is -0.306 e. The van der Waals surface area contributed by atoms with Gasteiger partial charge in [0.15, 0.2) is 0 Å². The lowest BCUT2D eigenvalue weighted by molar-refractivity contribution is 0.335. The lowest BCUT2D eigenvalue weighted by Crippen LogP contribution is -2.37. The molecule has 0 aliphatic heterocycles. The smallest absolute Gasteiger partial charge is 0.306 e. The molecule has 1 aliphatic rings. The first-order valence-electron chi connectivity index (χ1n) is 7.75. The third kappa shape index (κ3) is 2.98. The van der Waals surface area contributed by atoms with Crippen LogP contribution in [0.25, 0.3) is 12.2 Å². The summed E-state index contributed by atoms with van der Waals surface area (Å²) in [5.41, 5.74) is 1.30. The lowest BCUT2D eigenvalue weighted by Gasteiger charge is -2.19. The van der Waals surface area contributed by atoms with Crippen LogP contribution in [0.1, 0.15) is 44.4 Å². The average molecular weight is 308 g/mol. The average Bonchev–Trinajstić information content (AvgIpc) is 2.80. The first-order valence-corrected chi connectivity index (χ1v) is 7.75. The molecule has 23 heavy (non-hydrogen) atoms. The van der Waals surface area contributed by atoms with E-state index < -0.39 is 0 Å². The summed E-state index contributed by atoms with van der Waals surface area (Å²) in [6.45, 7) is 7.01. The highest BCUT2D eigenvalue weighted by Crippen LogP contribution is 2.24. The molecule has 0 amide bonds. The molecule has 118 valence electrons. The SMILES string of the molecule is CC(C)(C)Cn1c(=O)[nH]c2c1=CCC(c1cccnc1C#N)C=2. The number of rotatable bonds is 2. The molecule has 0 spiro atoms. The molecule has 1 aliphatic carbocycles. The van der Waals surface area contributed by atoms with Crippen LogP contribution in [-0.4, -0.2) is 14.5 Å². The van der Waals surface area contributed by atoms with Gasteiger partial charge >= 0.3 is 5.69 Å². The van der Waals surface area contributed by atoms with E-state index in [4.69, 9.17) is 0 Å². The third-order valence-electron chi connectivity index (χ3n) is 3.96. The van der Waals surface area contributed by atoms with Gasteiger partial charge in [0.1, 0.15) is 11.8 Å². The van der Waals surface area contributed by atoms with E-state index in [0.29, 0.717) is 12.2 Å². The van der Waals surface area contributed by atoms with Gasteiger partial charge in [-0.15, -0.1) is 0 Å². The Balaban J connectivity index is 2.08. The molecule has 2 heterocycles. The Bertz CT molecular complexity index is 951. The molecule has 3 rings (SSSR count). The molecule has 0 saturated heterocycles. The van der Waals surface area contributed by atoms with Crippen molar-refractivity contribution < 1.29 is 0 Å². The second kappa shape index (κ2) is 5.54. The molecule has 0 bridgehead atoms. The van der Waals surface area contributed by atoms with Gasteiger partial charge in [-0.3, -0.25) is 4.57 Å². The minimum absolute atomic E-state index is 0.0296. The maximum absolute atomic E-state index is 12.3. The van der Waals surface area contributed by atoms with E-state index in [1.807, 2.05) is 18.2 Å². The van der Waals surface area contributed by atoms with Crippen molar-refractivity contribution in [2.45, 2.75) is 39.7 Å². The number of H-pyrrole nitrogens is 1. The lowest BCUT2D eigenvalue weighted by atomic mass is 9.91. The third-order valence-corrected chi connectivity index (χ3v) is 3.96. The van der Waals surface area contributed by atoms with E-state index >= 15 is 0 Å². The van der Waals surface area contributed by atoms with Crippen molar-refractivity contribution in [1.82, 2.24) is 14.5 Å². The highest BCUT2D eigenvalue weighted by Gasteiger charge is 2.19. The van der Waals surface area contributed by atoms with Crippen LogP contribution in [0.5, 0.6) is 0 Å². The fourth-order valence-corrected chi connectivity index (χ4v) is 3.01. The van der Waals surface area contributed by atoms with Crippen molar-refractivity contribution in [3.63, 3.8) is 0 Å². The van der Waals surface area contributed by atoms with Crippen LogP contribution in [-0.2, 0) is 6.54 Å². The Morgan fingerprint density at radius 3 is 2.96 bits per heavy atom. The van der Waals surface area contributed by atoms with Crippen LogP contribution in [0.3, 0.4) is 0 Å². The standard InChI is InChI=1S/C18H20N4O/c1-18(2,3)11-22-16-7-6-12(9-14(16)21-17(22)23)13-5-4-8-20-15(13)10-19/h4-5,7-9,12H,6,11H2,1-3H3,(H,21,23). The summed E-state index contributed by atoms with van der Waals surface area (Å²) in [7, 11) is 0. The maximum atomic E-state index is 12.3. The highest BCUT2D eigenvalue weighted by molar-refractivity contribution is 5.49. The normalized spacial score (nSPS) is 16.9. The van der Waals surface area contributed by atoms with Crippen LogP contribution >= 0.6 is 0 Å². The number of hydrogen-bond donors (Lipinski definition) is 1. The van der Waals surface area contributed by atoms with Gasteiger partial charge < -0.3 is 4.98 Å². The quantitative estimate of drug-likeness (QED) is 0.907. The van der Waals surface area contributed by atoms with E-state index in [2.05, 4.69) is 42.9 Å². The predicted octanol–water partition coefficient (Wildman–Crippen LogP) is 1.24. The van der Waals surface area contributed by atoms with Gasteiger partial charge in [-0.25, -0.2) is 9.78 Å². The summed E-state index contributed by atoms with van der Waals surface area (Å²) in [6.07, 6.45) is 6.50. The minimum atomic E-state index is -0.0789. The van der Waals surface area contributed by atoms with Crippen LogP contribution in [0.4, 0.5) is 0 Å². The first kappa shape index (κ1) is 15.3. The van der Waals surface area contributed by atoms with Crippen molar-refractivity contribution in [1.29, 1.82) is 5.26 Å². The summed E-state index contributed by atoms with van der Waals surface area (Å²) < 4.78 is 1.80. The van der Waals surface area contributed by atoms with Crippen molar-refractivity contribution in [2.24, 2.45) is 5.41 Å². The number of imidazole rings is 1. The zero-order valence-electron chi connectivity index (χ0n) is 13.6. The number of nitriles is 1. The number of aromatic nitrogens is 3. The molecule has 0 saturated carbocycles. The van der Waals surface area contributed by atoms with E-state index in [1.165, 1.54) is 0 Å². The Kier molecular flexibility index (Phi) is 3.69. The number of fused-ring (bicyclic) bond motifs is 1. The Labute approximate surface area is 134 Å². The van der Waals surface area contributed by atoms with E-state index in [0.717, 1.165) is 22.7 Å². The number of aromatic amines is 1. The van der Waals surface area contributed by atoms with E-state index in [1.54, 1.807) is 10.8 Å². The molecule has 0 radical (unpaired) electrons. The van der Waals surface area contributed by atoms with E-state index in [-0.39, 0.29) is 17.0 Å². The maximum Gasteiger partial charge on any atom is 0.326 e. The topological polar surface area (TPSA) is 74.5 Å². The second-order valence-electron chi connectivity index (χ2n) is 7.14. The van der Waals surface area contributed by atoms with Crippen LogP contribution < -0.4 is 16.4 Å². The summed E-state index contributed by atoms with van der Waals surface area (Å²) in [4.78, 5) is 19.3. The van der Waals surface area contributed by atoms with Crippen LogP contribution in [0.2, 0.25) is 0 Å². The zero-order chi connectivity index (χ0) is 16.6. The molecule has 1 unspecified atom stereocenters. The fraction of sp³-hybridized carbons (Fsp3) is 0.389. The summed E-state index contributed by atoms with van der Waals surface area (Å²) in [5, 5.41) is 11.0. The summed E-state index contributed by atoms with van der Waals surface area (Å²) in [6, 6.07) is 5.91. The predicted molar refractivity (Wildman–Crippen MR) is 89.0 cm³/mol. The monoisotopic (exact) mass is 308 g/mol. The molecule has 0 fully saturated rings. The Morgan fingerprint density at radius 1 is 1.48 bits per heavy atom. The molecule has 2 aromatic heterocycles. The second-order valence-corrected chi connectivity index (χ2v) is 7.14. The number of nitrogens with one attached hydrogen (secondary N) is 1. The summed E-state index contributed by atoms with van der Waals surface area (Å²) in [5.74, 6) is 0.0620. The molecule has 5 heteroatoms. The summed E-state index contributed by atoms with van der Waals surface area (Å²) >= 11 is 0. The van der Waals surface area contributed by atoms with Gasteiger partial charge in [-0.05, 0) is 23.5 Å². The van der Waals surface area contributed by atoms with Crippen molar-refractivity contribution in [3.8, 4) is 6.07 Å². The van der Waals surface area contributed by atoms with Gasteiger partial charge in [-0.1, -0.05) is 39.0 Å². The molecule has 1 N–H and O–H groups in total. The van der Waals surface area contributed by atoms with Gasteiger partial charge in [0.05, 0.1) is 10.7 Å². The van der Waals surface area contributed by atoms with Crippen molar-refractivity contribution in [3.05, 3.63) is 50.8 Å². The number of pyridine rings is 1. The molecular weight excluding hydrogens is 288 g/mol. The molecular formula is C18H20N4O. The number of hydrogen-bond acceptors (Lipinski definition) is 3. The van der Waals surface area contributed by atoms with Crippen molar-refractivity contribution >= 4 is 12.2 Å². The molecule has 5 nitrogen and oxygen atoms in total. The largest absolute Gasteiger partial charge is 0.326 e. The molecule has 2 aromatic rings. The number of nitrogens with zero attached hydrogens (tertiary/aromatic N) is 3. The van der Waals surface area contributed by atoms with Crippen LogP contribution in [0, 0.1) is 16.7 Å². The molecule has 1 atom stereocenters. The zero-order valence-corrected chi connectivity index (χ0v) is 13.6. The van der Waals surface area contributed by atoms with Gasteiger partial charge in [0.25, 0.3) is 0 Å². The first-order chi connectivity index (χ1) is 10.9. The fourth-order valence-electron chi connectivity index (χ4n) is 3.01. The van der Waals surface area contributed by atoms with E-state index in [9.17, 15) is 10.1 Å². The van der Waals surface area contributed by atoms with Gasteiger partial charge in [0.2, 0.25) is 0 Å². The van der Waals surface area contributed by atoms with Gasteiger partial charge in [-0.2, -0.15) is 5.26 Å². The molecule has 0 aromatic carbocycles. The van der Waals surface area contributed by atoms with Crippen LogP contribution in [0.15, 0.2) is 23.1 Å². The Hall–Kier alpha value is -2.61. The van der Waals surface area contributed by atoms with Crippen molar-refractivity contribution in [2.75, 3.05) is 0 Å². The van der Waals surface area contributed by atoms with Gasteiger partial charge in [0, 0.05) is 18.7 Å². The highest BCUT2D eigenvalue weighted by atomic mass is 16.1. The Morgan fingerprint density at radius 2 is 2.26 bits per heavy atom.